The summed E-state index contributed by atoms with van der Waals surface area (Å²) in [5.74, 6) is -0.0173. The number of nitrogens with zero attached hydrogens (tertiary/aromatic N) is 3. The minimum atomic E-state index is -0.386. The van der Waals surface area contributed by atoms with Crippen molar-refractivity contribution >= 4 is 29.1 Å². The molecule has 6 nitrogen and oxygen atoms in total. The van der Waals surface area contributed by atoms with E-state index >= 15 is 0 Å². The number of hydrogen-bond donors (Lipinski definition) is 1. The topological polar surface area (TPSA) is 67.2 Å². The third kappa shape index (κ3) is 3.46. The first kappa shape index (κ1) is 18.0. The molecule has 2 fully saturated rings. The summed E-state index contributed by atoms with van der Waals surface area (Å²) in [4.78, 5) is 27.5. The Morgan fingerprint density at radius 2 is 2.19 bits per heavy atom. The standard InChI is InChI=1S/C20H23ClN4O2/c1-24-10-7-17(23-24)18(26)22-15-5-3-8-20(13-15)9-11-25(19(20)27)16-6-2-4-14(21)12-16/h2,4,6-7,10,12,15H,3,5,8-9,11,13H2,1H3,(H,22,26). The maximum Gasteiger partial charge on any atom is 0.271 e. The maximum absolute atomic E-state index is 13.3. The number of aryl methyl sites for hydroxylation is 1. The molecule has 142 valence electrons. The van der Waals surface area contributed by atoms with Crippen molar-refractivity contribution in [2.24, 2.45) is 12.5 Å². The lowest BCUT2D eigenvalue weighted by Gasteiger charge is -2.36. The van der Waals surface area contributed by atoms with Crippen LogP contribution in [0.4, 0.5) is 5.69 Å². The van der Waals surface area contributed by atoms with Crippen LogP contribution in [0.15, 0.2) is 36.5 Å². The molecular weight excluding hydrogens is 364 g/mol. The fourth-order valence-corrected chi connectivity index (χ4v) is 4.60. The van der Waals surface area contributed by atoms with Gasteiger partial charge in [-0.15, -0.1) is 0 Å². The molecule has 2 aromatic rings. The number of carbonyl (C=O) groups excluding carboxylic acids is 2. The van der Waals surface area contributed by atoms with E-state index in [-0.39, 0.29) is 23.3 Å². The highest BCUT2D eigenvalue weighted by molar-refractivity contribution is 6.31. The number of aromatic nitrogens is 2. The Balaban J connectivity index is 1.47. The van der Waals surface area contributed by atoms with Gasteiger partial charge in [-0.1, -0.05) is 24.1 Å². The van der Waals surface area contributed by atoms with E-state index in [0.29, 0.717) is 23.7 Å². The summed E-state index contributed by atoms with van der Waals surface area (Å²) in [6, 6.07) is 9.14. The summed E-state index contributed by atoms with van der Waals surface area (Å²) in [7, 11) is 1.79. The van der Waals surface area contributed by atoms with Gasteiger partial charge in [0, 0.05) is 36.5 Å². The molecule has 1 saturated heterocycles. The van der Waals surface area contributed by atoms with E-state index in [2.05, 4.69) is 10.4 Å². The van der Waals surface area contributed by atoms with Crippen LogP contribution in [0.1, 0.15) is 42.6 Å². The molecule has 2 heterocycles. The predicted octanol–water partition coefficient (Wildman–Crippen LogP) is 3.17. The zero-order chi connectivity index (χ0) is 19.0. The number of anilines is 1. The van der Waals surface area contributed by atoms with Crippen molar-refractivity contribution in [2.75, 3.05) is 11.4 Å². The van der Waals surface area contributed by atoms with Crippen molar-refractivity contribution in [2.45, 2.75) is 38.1 Å². The van der Waals surface area contributed by atoms with Crippen LogP contribution in [0.25, 0.3) is 0 Å². The lowest BCUT2D eigenvalue weighted by atomic mass is 9.71. The first-order valence-electron chi connectivity index (χ1n) is 9.35. The Hall–Kier alpha value is -2.34. The quantitative estimate of drug-likeness (QED) is 0.881. The van der Waals surface area contributed by atoms with Gasteiger partial charge in [-0.25, -0.2) is 0 Å². The van der Waals surface area contributed by atoms with Gasteiger partial charge in [0.1, 0.15) is 5.69 Å². The molecule has 1 aliphatic heterocycles. The molecule has 1 aromatic heterocycles. The second kappa shape index (κ2) is 7.00. The van der Waals surface area contributed by atoms with Crippen molar-refractivity contribution in [3.63, 3.8) is 0 Å². The van der Waals surface area contributed by atoms with Gasteiger partial charge < -0.3 is 10.2 Å². The van der Waals surface area contributed by atoms with E-state index in [1.807, 2.05) is 29.2 Å². The van der Waals surface area contributed by atoms with Crippen LogP contribution in [0.5, 0.6) is 0 Å². The van der Waals surface area contributed by atoms with Crippen molar-refractivity contribution in [3.8, 4) is 0 Å². The molecule has 1 aliphatic carbocycles. The second-order valence-corrected chi connectivity index (χ2v) is 8.04. The highest BCUT2D eigenvalue weighted by Gasteiger charge is 2.49. The Bertz CT molecular complexity index is 880. The normalized spacial score (nSPS) is 25.2. The van der Waals surface area contributed by atoms with Crippen LogP contribution < -0.4 is 10.2 Å². The van der Waals surface area contributed by atoms with Gasteiger partial charge in [-0.2, -0.15) is 5.10 Å². The smallest absolute Gasteiger partial charge is 0.271 e. The first-order valence-corrected chi connectivity index (χ1v) is 9.73. The van der Waals surface area contributed by atoms with Crippen LogP contribution in [-0.2, 0) is 11.8 Å². The van der Waals surface area contributed by atoms with Crippen molar-refractivity contribution < 1.29 is 9.59 Å². The zero-order valence-corrected chi connectivity index (χ0v) is 16.1. The molecule has 7 heteroatoms. The number of hydrogen-bond acceptors (Lipinski definition) is 3. The van der Waals surface area contributed by atoms with Crippen LogP contribution in [0.2, 0.25) is 5.02 Å². The van der Waals surface area contributed by atoms with Crippen LogP contribution in [0.3, 0.4) is 0 Å². The van der Waals surface area contributed by atoms with E-state index < -0.39 is 0 Å². The predicted molar refractivity (Wildman–Crippen MR) is 104 cm³/mol. The van der Waals surface area contributed by atoms with E-state index in [0.717, 1.165) is 31.4 Å². The van der Waals surface area contributed by atoms with Crippen LogP contribution >= 0.6 is 11.6 Å². The number of rotatable bonds is 3. The summed E-state index contributed by atoms with van der Waals surface area (Å²) in [5.41, 5.74) is 0.877. The molecule has 2 unspecified atom stereocenters. The van der Waals surface area contributed by atoms with E-state index in [1.54, 1.807) is 24.0 Å². The van der Waals surface area contributed by atoms with Gasteiger partial charge in [-0.05, 0) is 49.9 Å². The third-order valence-corrected chi connectivity index (χ3v) is 5.99. The van der Waals surface area contributed by atoms with Crippen LogP contribution in [0, 0.1) is 5.41 Å². The molecule has 0 radical (unpaired) electrons. The minimum absolute atomic E-state index is 0.00322. The molecule has 27 heavy (non-hydrogen) atoms. The number of halogens is 1. The van der Waals surface area contributed by atoms with Gasteiger partial charge in [0.25, 0.3) is 5.91 Å². The summed E-state index contributed by atoms with van der Waals surface area (Å²) >= 11 is 6.10. The number of carbonyl (C=O) groups is 2. The molecule has 1 N–H and O–H groups in total. The van der Waals surface area contributed by atoms with Gasteiger partial charge in [0.05, 0.1) is 5.41 Å². The Morgan fingerprint density at radius 3 is 2.93 bits per heavy atom. The number of amides is 2. The fourth-order valence-electron chi connectivity index (χ4n) is 4.41. The Kier molecular flexibility index (Phi) is 4.68. The molecule has 1 spiro atoms. The average Bonchev–Trinajstić information content (AvgIpc) is 3.20. The monoisotopic (exact) mass is 386 g/mol. The zero-order valence-electron chi connectivity index (χ0n) is 15.3. The SMILES string of the molecule is Cn1ccc(C(=O)NC2CCCC3(CCN(c4cccc(Cl)c4)C3=O)C2)n1. The molecular formula is C20H23ClN4O2. The third-order valence-electron chi connectivity index (χ3n) is 5.76. The highest BCUT2D eigenvalue weighted by atomic mass is 35.5. The van der Waals surface area contributed by atoms with Gasteiger partial charge >= 0.3 is 0 Å². The maximum atomic E-state index is 13.3. The molecule has 4 rings (SSSR count). The average molecular weight is 387 g/mol. The summed E-state index contributed by atoms with van der Waals surface area (Å²) in [6.07, 6.45) is 5.95. The van der Waals surface area contributed by atoms with E-state index in [4.69, 9.17) is 11.6 Å². The fraction of sp³-hybridized carbons (Fsp3) is 0.450. The molecule has 1 saturated carbocycles. The molecule has 0 bridgehead atoms. The van der Waals surface area contributed by atoms with Gasteiger partial charge in [0.15, 0.2) is 0 Å². The molecule has 2 amide bonds. The second-order valence-electron chi connectivity index (χ2n) is 7.61. The van der Waals surface area contributed by atoms with Gasteiger partial charge in [0.2, 0.25) is 5.91 Å². The number of nitrogens with one attached hydrogen (secondary N) is 1. The van der Waals surface area contributed by atoms with E-state index in [1.165, 1.54) is 0 Å². The molecule has 1 aromatic carbocycles. The Morgan fingerprint density at radius 1 is 1.33 bits per heavy atom. The highest BCUT2D eigenvalue weighted by Crippen LogP contribution is 2.46. The van der Waals surface area contributed by atoms with Crippen LogP contribution in [-0.4, -0.2) is 34.2 Å². The Labute approximate surface area is 163 Å². The van der Waals surface area contributed by atoms with Crippen molar-refractivity contribution in [1.82, 2.24) is 15.1 Å². The molecule has 2 aliphatic rings. The number of benzene rings is 1. The van der Waals surface area contributed by atoms with Crippen molar-refractivity contribution in [3.05, 3.63) is 47.2 Å². The van der Waals surface area contributed by atoms with Gasteiger partial charge in [-0.3, -0.25) is 14.3 Å². The van der Waals surface area contributed by atoms with Crippen molar-refractivity contribution in [1.29, 1.82) is 0 Å². The lowest BCUT2D eigenvalue weighted by molar-refractivity contribution is -0.127. The minimum Gasteiger partial charge on any atom is -0.348 e. The molecule has 2 atom stereocenters. The summed E-state index contributed by atoms with van der Waals surface area (Å²) in [5, 5.41) is 7.86. The van der Waals surface area contributed by atoms with E-state index in [9.17, 15) is 9.59 Å². The largest absolute Gasteiger partial charge is 0.348 e. The summed E-state index contributed by atoms with van der Waals surface area (Å²) < 4.78 is 1.61. The summed E-state index contributed by atoms with van der Waals surface area (Å²) in [6.45, 7) is 0.695. The lowest BCUT2D eigenvalue weighted by Crippen LogP contribution is -2.46. The first-order chi connectivity index (χ1) is 13.0.